The van der Waals surface area contributed by atoms with E-state index in [1.807, 2.05) is 0 Å². The summed E-state index contributed by atoms with van der Waals surface area (Å²) in [5.41, 5.74) is 11.5. The molecule has 0 radical (unpaired) electrons. The maximum Gasteiger partial charge on any atom is 0.0398 e. The van der Waals surface area contributed by atoms with Crippen LogP contribution in [0.25, 0.3) is 0 Å². The Bertz CT molecular complexity index is 417. The first-order valence-electron chi connectivity index (χ1n) is 7.05. The summed E-state index contributed by atoms with van der Waals surface area (Å²) in [5, 5.41) is 0. The molecular formula is C16H26N2. The third-order valence-corrected chi connectivity index (χ3v) is 4.48. The van der Waals surface area contributed by atoms with Crippen LogP contribution in [-0.2, 0) is 0 Å². The van der Waals surface area contributed by atoms with Crippen LogP contribution in [0, 0.1) is 20.8 Å². The van der Waals surface area contributed by atoms with Gasteiger partial charge in [0.05, 0.1) is 0 Å². The molecule has 1 aromatic carbocycles. The summed E-state index contributed by atoms with van der Waals surface area (Å²) in [6.45, 7) is 6.60. The molecule has 2 nitrogen and oxygen atoms in total. The smallest absolute Gasteiger partial charge is 0.0398 e. The molecule has 0 amide bonds. The molecule has 0 aliphatic heterocycles. The molecule has 0 aromatic heterocycles. The van der Waals surface area contributed by atoms with Crippen molar-refractivity contribution in [3.05, 3.63) is 28.8 Å². The van der Waals surface area contributed by atoms with Gasteiger partial charge in [0.1, 0.15) is 0 Å². The van der Waals surface area contributed by atoms with E-state index >= 15 is 0 Å². The molecule has 100 valence electrons. The van der Waals surface area contributed by atoms with Gasteiger partial charge in [-0.05, 0) is 69.2 Å². The predicted molar refractivity (Wildman–Crippen MR) is 79.3 cm³/mol. The highest BCUT2D eigenvalue weighted by atomic mass is 15.1. The van der Waals surface area contributed by atoms with E-state index in [4.69, 9.17) is 5.73 Å². The molecule has 0 saturated heterocycles. The number of nitrogens with two attached hydrogens (primary N) is 1. The average molecular weight is 246 g/mol. The topological polar surface area (TPSA) is 29.3 Å². The molecule has 1 saturated carbocycles. The fourth-order valence-electron chi connectivity index (χ4n) is 3.01. The minimum absolute atomic E-state index is 0.426. The van der Waals surface area contributed by atoms with Crippen LogP contribution in [0.15, 0.2) is 12.1 Å². The van der Waals surface area contributed by atoms with Crippen LogP contribution in [0.1, 0.15) is 42.4 Å². The molecule has 2 N–H and O–H groups in total. The predicted octanol–water partition coefficient (Wildman–Crippen LogP) is 3.32. The van der Waals surface area contributed by atoms with E-state index in [-0.39, 0.29) is 0 Å². The molecule has 2 heteroatoms. The molecule has 1 aliphatic rings. The lowest BCUT2D eigenvalue weighted by molar-refractivity contribution is 0.385. The number of hydrogen-bond donors (Lipinski definition) is 1. The molecule has 0 atom stereocenters. The molecule has 0 heterocycles. The Morgan fingerprint density at radius 3 is 2.11 bits per heavy atom. The van der Waals surface area contributed by atoms with E-state index in [9.17, 15) is 0 Å². The fraction of sp³-hybridized carbons (Fsp3) is 0.625. The van der Waals surface area contributed by atoms with Gasteiger partial charge < -0.3 is 10.6 Å². The summed E-state index contributed by atoms with van der Waals surface area (Å²) in [6, 6.07) is 5.72. The van der Waals surface area contributed by atoms with E-state index in [0.29, 0.717) is 12.1 Å². The number of rotatable bonds is 2. The van der Waals surface area contributed by atoms with Gasteiger partial charge in [0, 0.05) is 24.8 Å². The maximum absolute atomic E-state index is 5.99. The second kappa shape index (κ2) is 5.31. The zero-order chi connectivity index (χ0) is 13.3. The van der Waals surface area contributed by atoms with Crippen molar-refractivity contribution >= 4 is 5.69 Å². The van der Waals surface area contributed by atoms with Crippen molar-refractivity contribution in [3.8, 4) is 0 Å². The molecule has 1 fully saturated rings. The second-order valence-corrected chi connectivity index (χ2v) is 5.90. The number of benzene rings is 1. The highest BCUT2D eigenvalue weighted by Crippen LogP contribution is 2.29. The van der Waals surface area contributed by atoms with Crippen LogP contribution in [0.2, 0.25) is 0 Å². The molecular weight excluding hydrogens is 220 g/mol. The van der Waals surface area contributed by atoms with Gasteiger partial charge in [0.2, 0.25) is 0 Å². The van der Waals surface area contributed by atoms with Gasteiger partial charge in [0.25, 0.3) is 0 Å². The van der Waals surface area contributed by atoms with E-state index in [1.165, 1.54) is 48.1 Å². The first-order chi connectivity index (χ1) is 8.49. The van der Waals surface area contributed by atoms with E-state index in [0.717, 1.165) is 0 Å². The van der Waals surface area contributed by atoms with Gasteiger partial charge in [-0.3, -0.25) is 0 Å². The third-order valence-electron chi connectivity index (χ3n) is 4.48. The van der Waals surface area contributed by atoms with E-state index in [2.05, 4.69) is 44.9 Å². The molecule has 0 spiro atoms. The quantitative estimate of drug-likeness (QED) is 0.867. The fourth-order valence-corrected chi connectivity index (χ4v) is 3.01. The molecule has 1 aromatic rings. The Balaban J connectivity index is 2.18. The van der Waals surface area contributed by atoms with Crippen LogP contribution in [-0.4, -0.2) is 19.1 Å². The van der Waals surface area contributed by atoms with Gasteiger partial charge >= 0.3 is 0 Å². The Kier molecular flexibility index (Phi) is 3.96. The largest absolute Gasteiger partial charge is 0.371 e. The van der Waals surface area contributed by atoms with Crippen molar-refractivity contribution in [3.63, 3.8) is 0 Å². The Morgan fingerprint density at radius 2 is 1.50 bits per heavy atom. The van der Waals surface area contributed by atoms with Gasteiger partial charge in [-0.15, -0.1) is 0 Å². The van der Waals surface area contributed by atoms with Crippen molar-refractivity contribution < 1.29 is 0 Å². The zero-order valence-electron chi connectivity index (χ0n) is 12.2. The van der Waals surface area contributed by atoms with Crippen molar-refractivity contribution in [2.24, 2.45) is 5.73 Å². The lowest BCUT2D eigenvalue weighted by Crippen LogP contribution is -2.39. The highest BCUT2D eigenvalue weighted by molar-refractivity contribution is 5.57. The van der Waals surface area contributed by atoms with Crippen LogP contribution in [0.4, 0.5) is 5.69 Å². The van der Waals surface area contributed by atoms with Crippen molar-refractivity contribution in [1.82, 2.24) is 0 Å². The summed E-state index contributed by atoms with van der Waals surface area (Å²) >= 11 is 0. The molecule has 0 bridgehead atoms. The SMILES string of the molecule is Cc1cc(C)c(N(C)C2CCC(N)CC2)cc1C. The van der Waals surface area contributed by atoms with Crippen LogP contribution < -0.4 is 10.6 Å². The number of nitrogens with zero attached hydrogens (tertiary/aromatic N) is 1. The number of anilines is 1. The lowest BCUT2D eigenvalue weighted by Gasteiger charge is -2.36. The first-order valence-corrected chi connectivity index (χ1v) is 7.05. The van der Waals surface area contributed by atoms with Gasteiger partial charge in [-0.25, -0.2) is 0 Å². The van der Waals surface area contributed by atoms with Crippen molar-refractivity contribution in [2.75, 3.05) is 11.9 Å². The molecule has 0 unspecified atom stereocenters. The first kappa shape index (κ1) is 13.4. The number of hydrogen-bond acceptors (Lipinski definition) is 2. The summed E-state index contributed by atoms with van der Waals surface area (Å²) in [6.07, 6.45) is 4.78. The maximum atomic E-state index is 5.99. The summed E-state index contributed by atoms with van der Waals surface area (Å²) in [5.74, 6) is 0. The van der Waals surface area contributed by atoms with Crippen LogP contribution in [0.5, 0.6) is 0 Å². The van der Waals surface area contributed by atoms with Crippen LogP contribution >= 0.6 is 0 Å². The zero-order valence-corrected chi connectivity index (χ0v) is 12.2. The molecule has 1 aliphatic carbocycles. The van der Waals surface area contributed by atoms with Crippen molar-refractivity contribution in [2.45, 2.75) is 58.5 Å². The summed E-state index contributed by atoms with van der Waals surface area (Å²) in [4.78, 5) is 2.47. The normalized spacial score (nSPS) is 24.1. The van der Waals surface area contributed by atoms with E-state index < -0.39 is 0 Å². The van der Waals surface area contributed by atoms with E-state index in [1.54, 1.807) is 0 Å². The van der Waals surface area contributed by atoms with Gasteiger partial charge in [0.15, 0.2) is 0 Å². The van der Waals surface area contributed by atoms with Crippen LogP contribution in [0.3, 0.4) is 0 Å². The second-order valence-electron chi connectivity index (χ2n) is 5.90. The lowest BCUT2D eigenvalue weighted by atomic mass is 9.90. The monoisotopic (exact) mass is 246 g/mol. The number of aryl methyl sites for hydroxylation is 3. The van der Waals surface area contributed by atoms with Gasteiger partial charge in [-0.1, -0.05) is 6.07 Å². The van der Waals surface area contributed by atoms with Gasteiger partial charge in [-0.2, -0.15) is 0 Å². The minimum Gasteiger partial charge on any atom is -0.371 e. The summed E-state index contributed by atoms with van der Waals surface area (Å²) < 4.78 is 0. The third kappa shape index (κ3) is 2.69. The molecule has 18 heavy (non-hydrogen) atoms. The Hall–Kier alpha value is -1.02. The van der Waals surface area contributed by atoms with Crippen molar-refractivity contribution in [1.29, 1.82) is 0 Å². The standard InChI is InChI=1S/C16H26N2/c1-11-9-13(3)16(10-12(11)2)18(4)15-7-5-14(17)6-8-15/h9-10,14-15H,5-8,17H2,1-4H3. The summed E-state index contributed by atoms with van der Waals surface area (Å²) in [7, 11) is 2.23. The minimum atomic E-state index is 0.426. The Morgan fingerprint density at radius 1 is 0.944 bits per heavy atom. The average Bonchev–Trinajstić information content (AvgIpc) is 2.34. The highest BCUT2D eigenvalue weighted by Gasteiger charge is 2.23. The Labute approximate surface area is 111 Å². The molecule has 2 rings (SSSR count).